The van der Waals surface area contributed by atoms with Crippen molar-refractivity contribution in [2.24, 2.45) is 5.92 Å². The van der Waals surface area contributed by atoms with Gasteiger partial charge in [0.05, 0.1) is 5.92 Å². The number of piperidine rings is 1. The first-order valence-electron chi connectivity index (χ1n) is 7.91. The molecule has 2 rings (SSSR count). The molecule has 5 heteroatoms. The summed E-state index contributed by atoms with van der Waals surface area (Å²) >= 11 is 0. The van der Waals surface area contributed by atoms with Gasteiger partial charge in [-0.15, -0.1) is 0 Å². The number of likely N-dealkylation sites (tertiary alicyclic amines) is 1. The van der Waals surface area contributed by atoms with Crippen LogP contribution in [-0.4, -0.2) is 36.3 Å². The van der Waals surface area contributed by atoms with Crippen molar-refractivity contribution >= 4 is 17.9 Å². The van der Waals surface area contributed by atoms with Gasteiger partial charge in [-0.3, -0.25) is 9.59 Å². The SMILES string of the molecule is CCCNC(=O)[C@@H]1CCCN(C(=O)/C=C\c2ccc(C)o2)C1. The van der Waals surface area contributed by atoms with E-state index in [-0.39, 0.29) is 17.7 Å². The third-order valence-electron chi connectivity index (χ3n) is 3.80. The van der Waals surface area contributed by atoms with Gasteiger partial charge in [0.25, 0.3) is 0 Å². The van der Waals surface area contributed by atoms with E-state index < -0.39 is 0 Å². The zero-order chi connectivity index (χ0) is 15.9. The van der Waals surface area contributed by atoms with E-state index in [9.17, 15) is 9.59 Å². The van der Waals surface area contributed by atoms with Gasteiger partial charge in [-0.1, -0.05) is 6.92 Å². The number of nitrogens with zero attached hydrogens (tertiary/aromatic N) is 1. The van der Waals surface area contributed by atoms with Crippen molar-refractivity contribution in [2.45, 2.75) is 33.1 Å². The van der Waals surface area contributed by atoms with Crippen LogP contribution in [0.2, 0.25) is 0 Å². The maximum absolute atomic E-state index is 12.2. The van der Waals surface area contributed by atoms with Crippen molar-refractivity contribution in [3.8, 4) is 0 Å². The molecule has 1 N–H and O–H groups in total. The Morgan fingerprint density at radius 2 is 2.27 bits per heavy atom. The van der Waals surface area contributed by atoms with Gasteiger partial charge >= 0.3 is 0 Å². The Labute approximate surface area is 131 Å². The lowest BCUT2D eigenvalue weighted by Gasteiger charge is -2.31. The molecule has 0 spiro atoms. The molecular weight excluding hydrogens is 280 g/mol. The largest absolute Gasteiger partial charge is 0.462 e. The molecule has 0 radical (unpaired) electrons. The molecule has 0 aromatic carbocycles. The summed E-state index contributed by atoms with van der Waals surface area (Å²) in [7, 11) is 0. The van der Waals surface area contributed by atoms with Crippen molar-refractivity contribution in [3.63, 3.8) is 0 Å². The highest BCUT2D eigenvalue weighted by Crippen LogP contribution is 2.17. The van der Waals surface area contributed by atoms with Crippen LogP contribution in [0.5, 0.6) is 0 Å². The molecule has 0 unspecified atom stereocenters. The van der Waals surface area contributed by atoms with Gasteiger partial charge in [0.2, 0.25) is 11.8 Å². The first kappa shape index (κ1) is 16.3. The predicted molar refractivity (Wildman–Crippen MR) is 85.1 cm³/mol. The van der Waals surface area contributed by atoms with Crippen molar-refractivity contribution in [2.75, 3.05) is 19.6 Å². The van der Waals surface area contributed by atoms with E-state index >= 15 is 0 Å². The van der Waals surface area contributed by atoms with Crippen LogP contribution >= 0.6 is 0 Å². The molecule has 0 bridgehead atoms. The summed E-state index contributed by atoms with van der Waals surface area (Å²) in [5, 5.41) is 2.91. The third kappa shape index (κ3) is 4.48. The highest BCUT2D eigenvalue weighted by molar-refractivity contribution is 5.92. The quantitative estimate of drug-likeness (QED) is 0.849. The van der Waals surface area contributed by atoms with E-state index in [0.29, 0.717) is 25.4 Å². The van der Waals surface area contributed by atoms with Crippen molar-refractivity contribution < 1.29 is 14.0 Å². The zero-order valence-corrected chi connectivity index (χ0v) is 13.3. The minimum Gasteiger partial charge on any atom is -0.462 e. The Morgan fingerprint density at radius 1 is 1.45 bits per heavy atom. The Kier molecular flexibility index (Phi) is 5.81. The number of amides is 2. The standard InChI is InChI=1S/C17H24N2O3/c1-3-10-18-17(21)14-5-4-11-19(12-14)16(20)9-8-15-7-6-13(2)22-15/h6-9,14H,3-5,10-12H2,1-2H3,(H,18,21)/b9-8-/t14-/m1/s1. The molecule has 120 valence electrons. The first-order valence-corrected chi connectivity index (χ1v) is 7.91. The Hall–Kier alpha value is -2.04. The fraction of sp³-hybridized carbons (Fsp3) is 0.529. The van der Waals surface area contributed by atoms with Crippen LogP contribution < -0.4 is 5.32 Å². The fourth-order valence-electron chi connectivity index (χ4n) is 2.59. The van der Waals surface area contributed by atoms with Crippen molar-refractivity contribution in [1.29, 1.82) is 0 Å². The second-order valence-electron chi connectivity index (χ2n) is 5.70. The monoisotopic (exact) mass is 304 g/mol. The number of rotatable bonds is 5. The normalized spacial score (nSPS) is 18.6. The second-order valence-corrected chi connectivity index (χ2v) is 5.70. The maximum atomic E-state index is 12.2. The Morgan fingerprint density at radius 3 is 2.95 bits per heavy atom. The predicted octanol–water partition coefficient (Wildman–Crippen LogP) is 2.37. The minimum absolute atomic E-state index is 0.0602. The lowest BCUT2D eigenvalue weighted by Crippen LogP contribution is -2.45. The molecule has 1 aromatic heterocycles. The zero-order valence-electron chi connectivity index (χ0n) is 13.3. The van der Waals surface area contributed by atoms with E-state index in [1.54, 1.807) is 11.0 Å². The summed E-state index contributed by atoms with van der Waals surface area (Å²) in [6, 6.07) is 3.69. The molecule has 5 nitrogen and oxygen atoms in total. The molecule has 0 aliphatic carbocycles. The van der Waals surface area contributed by atoms with Crippen LogP contribution in [0, 0.1) is 12.8 Å². The smallest absolute Gasteiger partial charge is 0.246 e. The minimum atomic E-state index is -0.0940. The highest BCUT2D eigenvalue weighted by Gasteiger charge is 2.27. The Bertz CT molecular complexity index is 548. The van der Waals surface area contributed by atoms with Crippen molar-refractivity contribution in [1.82, 2.24) is 10.2 Å². The molecule has 2 heterocycles. The molecule has 2 amide bonds. The third-order valence-corrected chi connectivity index (χ3v) is 3.80. The van der Waals surface area contributed by atoms with Crippen LogP contribution in [0.25, 0.3) is 6.08 Å². The van der Waals surface area contributed by atoms with E-state index in [1.807, 2.05) is 26.0 Å². The number of carbonyl (C=O) groups is 2. The van der Waals surface area contributed by atoms with Gasteiger partial charge in [0, 0.05) is 25.7 Å². The molecule has 0 saturated carbocycles. The summed E-state index contributed by atoms with van der Waals surface area (Å²) in [6.45, 7) is 5.79. The average Bonchev–Trinajstić information content (AvgIpc) is 2.96. The van der Waals surface area contributed by atoms with Crippen LogP contribution in [0.15, 0.2) is 22.6 Å². The molecule has 1 aliphatic heterocycles. The van der Waals surface area contributed by atoms with Crippen LogP contribution in [0.4, 0.5) is 0 Å². The molecular formula is C17H24N2O3. The summed E-state index contributed by atoms with van der Waals surface area (Å²) in [5.41, 5.74) is 0. The number of nitrogens with one attached hydrogen (secondary N) is 1. The van der Waals surface area contributed by atoms with Crippen LogP contribution in [0.1, 0.15) is 37.7 Å². The first-order chi connectivity index (χ1) is 10.6. The second kappa shape index (κ2) is 7.82. The van der Waals surface area contributed by atoms with E-state index in [4.69, 9.17) is 4.42 Å². The molecule has 1 atom stereocenters. The summed E-state index contributed by atoms with van der Waals surface area (Å²) in [6.07, 6.45) is 5.83. The number of hydrogen-bond donors (Lipinski definition) is 1. The summed E-state index contributed by atoms with van der Waals surface area (Å²) in [5.74, 6) is 1.38. The molecule has 22 heavy (non-hydrogen) atoms. The summed E-state index contributed by atoms with van der Waals surface area (Å²) in [4.78, 5) is 26.0. The molecule has 1 fully saturated rings. The van der Waals surface area contributed by atoms with Gasteiger partial charge in [0.15, 0.2) is 0 Å². The Balaban J connectivity index is 1.89. The van der Waals surface area contributed by atoms with Gasteiger partial charge in [0.1, 0.15) is 11.5 Å². The maximum Gasteiger partial charge on any atom is 0.246 e. The van der Waals surface area contributed by atoms with Gasteiger partial charge in [-0.25, -0.2) is 0 Å². The van der Waals surface area contributed by atoms with Crippen LogP contribution in [0.3, 0.4) is 0 Å². The molecule has 1 aliphatic rings. The number of hydrogen-bond acceptors (Lipinski definition) is 3. The highest BCUT2D eigenvalue weighted by atomic mass is 16.3. The molecule has 1 aromatic rings. The number of carbonyl (C=O) groups excluding carboxylic acids is 2. The van der Waals surface area contributed by atoms with Crippen molar-refractivity contribution in [3.05, 3.63) is 29.7 Å². The summed E-state index contributed by atoms with van der Waals surface area (Å²) < 4.78 is 5.40. The van der Waals surface area contributed by atoms with E-state index in [0.717, 1.165) is 25.0 Å². The van der Waals surface area contributed by atoms with Gasteiger partial charge in [-0.05, 0) is 44.4 Å². The average molecular weight is 304 g/mol. The lowest BCUT2D eigenvalue weighted by atomic mass is 9.97. The topological polar surface area (TPSA) is 62.6 Å². The fourth-order valence-corrected chi connectivity index (χ4v) is 2.59. The number of furan rings is 1. The van der Waals surface area contributed by atoms with E-state index in [1.165, 1.54) is 6.08 Å². The van der Waals surface area contributed by atoms with E-state index in [2.05, 4.69) is 5.32 Å². The van der Waals surface area contributed by atoms with Gasteiger partial charge < -0.3 is 14.6 Å². The number of aryl methyl sites for hydroxylation is 1. The lowest BCUT2D eigenvalue weighted by molar-refractivity contribution is -0.132. The van der Waals surface area contributed by atoms with Gasteiger partial charge in [-0.2, -0.15) is 0 Å². The molecule has 1 saturated heterocycles. The van der Waals surface area contributed by atoms with Crippen LogP contribution in [-0.2, 0) is 9.59 Å².